The summed E-state index contributed by atoms with van der Waals surface area (Å²) in [5.41, 5.74) is 0. The molecule has 13 heavy (non-hydrogen) atoms. The molecule has 2 nitrogen and oxygen atoms in total. The third kappa shape index (κ3) is 6.05. The maximum Gasteiger partial charge on any atom is 0.0582 e. The number of aliphatic hydroxyl groups is 1. The van der Waals surface area contributed by atoms with Gasteiger partial charge in [-0.1, -0.05) is 27.2 Å². The lowest BCUT2D eigenvalue weighted by atomic mass is 9.97. The number of hydrogen-bond acceptors (Lipinski definition) is 2. The lowest BCUT2D eigenvalue weighted by Crippen LogP contribution is -2.39. The van der Waals surface area contributed by atoms with Gasteiger partial charge in [-0.15, -0.1) is 0 Å². The summed E-state index contributed by atoms with van der Waals surface area (Å²) in [4.78, 5) is 0. The number of nitrogens with one attached hydrogen (secondary N) is 1. The van der Waals surface area contributed by atoms with Crippen LogP contribution < -0.4 is 5.32 Å². The molecule has 0 aromatic carbocycles. The summed E-state index contributed by atoms with van der Waals surface area (Å²) in [6.45, 7) is 8.97. The molecular weight excluding hydrogens is 162 g/mol. The van der Waals surface area contributed by atoms with E-state index in [9.17, 15) is 0 Å². The van der Waals surface area contributed by atoms with Crippen molar-refractivity contribution in [3.8, 4) is 0 Å². The molecule has 2 N–H and O–H groups in total. The van der Waals surface area contributed by atoms with E-state index in [1.807, 2.05) is 6.92 Å². The van der Waals surface area contributed by atoms with Crippen LogP contribution in [-0.4, -0.2) is 23.8 Å². The van der Waals surface area contributed by atoms with Gasteiger partial charge in [0.05, 0.1) is 6.61 Å². The highest BCUT2D eigenvalue weighted by Crippen LogP contribution is 2.12. The van der Waals surface area contributed by atoms with E-state index in [0.29, 0.717) is 6.04 Å². The lowest BCUT2D eigenvalue weighted by Gasteiger charge is -2.23. The molecular formula is C11H25NO. The van der Waals surface area contributed by atoms with E-state index >= 15 is 0 Å². The molecule has 80 valence electrons. The third-order valence-corrected chi connectivity index (χ3v) is 2.67. The molecule has 0 aliphatic carbocycles. The first-order valence-electron chi connectivity index (χ1n) is 5.50. The average Bonchev–Trinajstić information content (AvgIpc) is 2.16. The van der Waals surface area contributed by atoms with Gasteiger partial charge in [-0.25, -0.2) is 0 Å². The third-order valence-electron chi connectivity index (χ3n) is 2.67. The molecule has 0 heterocycles. The van der Waals surface area contributed by atoms with Gasteiger partial charge in [0.15, 0.2) is 0 Å². The van der Waals surface area contributed by atoms with Crippen LogP contribution in [0, 0.1) is 5.92 Å². The van der Waals surface area contributed by atoms with Gasteiger partial charge in [-0.3, -0.25) is 0 Å². The van der Waals surface area contributed by atoms with Gasteiger partial charge in [0, 0.05) is 12.1 Å². The second-order valence-electron chi connectivity index (χ2n) is 4.10. The second kappa shape index (κ2) is 7.34. The monoisotopic (exact) mass is 187 g/mol. The average molecular weight is 187 g/mol. The van der Waals surface area contributed by atoms with Crippen LogP contribution >= 0.6 is 0 Å². The van der Waals surface area contributed by atoms with Crippen molar-refractivity contribution in [2.45, 2.75) is 59.0 Å². The lowest BCUT2D eigenvalue weighted by molar-refractivity contribution is 0.231. The van der Waals surface area contributed by atoms with Crippen molar-refractivity contribution in [3.05, 3.63) is 0 Å². The van der Waals surface area contributed by atoms with E-state index in [-0.39, 0.29) is 12.6 Å². The van der Waals surface area contributed by atoms with E-state index in [2.05, 4.69) is 26.1 Å². The Balaban J connectivity index is 3.74. The Morgan fingerprint density at radius 2 is 1.77 bits per heavy atom. The predicted octanol–water partition coefficient (Wildman–Crippen LogP) is 2.17. The van der Waals surface area contributed by atoms with Crippen LogP contribution in [0.15, 0.2) is 0 Å². The van der Waals surface area contributed by atoms with Gasteiger partial charge in [0.1, 0.15) is 0 Å². The Hall–Kier alpha value is -0.0800. The fourth-order valence-corrected chi connectivity index (χ4v) is 1.46. The van der Waals surface area contributed by atoms with Crippen molar-refractivity contribution in [1.82, 2.24) is 5.32 Å². The highest BCUT2D eigenvalue weighted by molar-refractivity contribution is 4.71. The summed E-state index contributed by atoms with van der Waals surface area (Å²) in [5.74, 6) is 0.781. The predicted molar refractivity (Wildman–Crippen MR) is 57.8 cm³/mol. The first-order valence-corrected chi connectivity index (χ1v) is 5.50. The van der Waals surface area contributed by atoms with Crippen LogP contribution in [-0.2, 0) is 0 Å². The fraction of sp³-hybridized carbons (Fsp3) is 1.00. The zero-order valence-corrected chi connectivity index (χ0v) is 9.51. The van der Waals surface area contributed by atoms with Crippen LogP contribution in [0.4, 0.5) is 0 Å². The number of rotatable bonds is 7. The van der Waals surface area contributed by atoms with E-state index < -0.39 is 0 Å². The molecule has 0 unspecified atom stereocenters. The van der Waals surface area contributed by atoms with E-state index in [1.54, 1.807) is 0 Å². The molecule has 2 heteroatoms. The van der Waals surface area contributed by atoms with Crippen LogP contribution in [0.5, 0.6) is 0 Å². The van der Waals surface area contributed by atoms with Crippen LogP contribution in [0.3, 0.4) is 0 Å². The zero-order valence-electron chi connectivity index (χ0n) is 9.51. The van der Waals surface area contributed by atoms with Gasteiger partial charge in [-0.05, 0) is 25.7 Å². The first kappa shape index (κ1) is 12.9. The maximum atomic E-state index is 8.91. The molecule has 0 saturated carbocycles. The maximum absolute atomic E-state index is 8.91. The van der Waals surface area contributed by atoms with Crippen LogP contribution in [0.25, 0.3) is 0 Å². The van der Waals surface area contributed by atoms with Crippen molar-refractivity contribution in [2.75, 3.05) is 6.61 Å². The normalized spacial score (nSPS) is 18.2. The minimum atomic E-state index is 0.231. The highest BCUT2D eigenvalue weighted by Gasteiger charge is 2.12. The molecule has 0 radical (unpaired) electrons. The molecule has 0 rings (SSSR count). The molecule has 0 fully saturated rings. The second-order valence-corrected chi connectivity index (χ2v) is 4.10. The standard InChI is InChI=1S/C11H25NO/c1-5-9(3)7-11(6-2)12-10(4)8-13/h9-13H,5-8H2,1-4H3/t9-,10+,11+/m0/s1. The first-order chi connectivity index (χ1) is 6.13. The summed E-state index contributed by atoms with van der Waals surface area (Å²) < 4.78 is 0. The van der Waals surface area contributed by atoms with Crippen LogP contribution in [0.1, 0.15) is 47.0 Å². The van der Waals surface area contributed by atoms with Crippen molar-refractivity contribution in [3.63, 3.8) is 0 Å². The molecule has 0 saturated heterocycles. The van der Waals surface area contributed by atoms with Crippen molar-refractivity contribution >= 4 is 0 Å². The SMILES string of the molecule is CC[C@H](C)C[C@@H](CC)N[C@H](C)CO. The molecule has 0 amide bonds. The summed E-state index contributed by atoms with van der Waals surface area (Å²) in [6, 6.07) is 0.797. The highest BCUT2D eigenvalue weighted by atomic mass is 16.3. The van der Waals surface area contributed by atoms with E-state index in [1.165, 1.54) is 12.8 Å². The van der Waals surface area contributed by atoms with Gasteiger partial charge in [0.2, 0.25) is 0 Å². The Labute approximate surface area is 82.7 Å². The van der Waals surface area contributed by atoms with E-state index in [4.69, 9.17) is 5.11 Å². The largest absolute Gasteiger partial charge is 0.395 e. The molecule has 0 aromatic heterocycles. The topological polar surface area (TPSA) is 32.3 Å². The molecule has 0 bridgehead atoms. The van der Waals surface area contributed by atoms with Crippen molar-refractivity contribution < 1.29 is 5.11 Å². The van der Waals surface area contributed by atoms with E-state index in [0.717, 1.165) is 12.3 Å². The molecule has 3 atom stereocenters. The van der Waals surface area contributed by atoms with Crippen molar-refractivity contribution in [2.24, 2.45) is 5.92 Å². The van der Waals surface area contributed by atoms with Gasteiger partial charge in [0.25, 0.3) is 0 Å². The summed E-state index contributed by atoms with van der Waals surface area (Å²) in [5, 5.41) is 12.3. The van der Waals surface area contributed by atoms with Crippen LogP contribution in [0.2, 0.25) is 0 Å². The smallest absolute Gasteiger partial charge is 0.0582 e. The molecule has 0 aliphatic rings. The Morgan fingerprint density at radius 1 is 1.15 bits per heavy atom. The van der Waals surface area contributed by atoms with Crippen molar-refractivity contribution in [1.29, 1.82) is 0 Å². The summed E-state index contributed by atoms with van der Waals surface area (Å²) in [7, 11) is 0. The Bertz CT molecular complexity index is 105. The Kier molecular flexibility index (Phi) is 7.29. The molecule has 0 aromatic rings. The quantitative estimate of drug-likeness (QED) is 0.640. The molecule has 0 aliphatic heterocycles. The fourth-order valence-electron chi connectivity index (χ4n) is 1.46. The zero-order chi connectivity index (χ0) is 10.3. The van der Waals surface area contributed by atoms with Gasteiger partial charge >= 0.3 is 0 Å². The summed E-state index contributed by atoms with van der Waals surface area (Å²) >= 11 is 0. The minimum absolute atomic E-state index is 0.231. The van der Waals surface area contributed by atoms with Gasteiger partial charge < -0.3 is 10.4 Å². The number of aliphatic hydroxyl groups excluding tert-OH is 1. The van der Waals surface area contributed by atoms with Gasteiger partial charge in [-0.2, -0.15) is 0 Å². The number of hydrogen-bond donors (Lipinski definition) is 2. The minimum Gasteiger partial charge on any atom is -0.395 e. The Morgan fingerprint density at radius 3 is 2.15 bits per heavy atom. The molecule has 0 spiro atoms. The summed E-state index contributed by atoms with van der Waals surface area (Å²) in [6.07, 6.45) is 3.61.